The largest absolute Gasteiger partial charge is 0.497 e. The van der Waals surface area contributed by atoms with Gasteiger partial charge in [0.15, 0.2) is 0 Å². The molecule has 210 valence electrons. The van der Waals surface area contributed by atoms with Gasteiger partial charge in [-0.25, -0.2) is 9.67 Å². The van der Waals surface area contributed by atoms with E-state index >= 15 is 0 Å². The van der Waals surface area contributed by atoms with E-state index in [1.807, 2.05) is 53.9 Å². The molecule has 0 radical (unpaired) electrons. The molecule has 0 spiro atoms. The number of anilines is 1. The number of ether oxygens (including phenoxy) is 2. The number of nitrogens with one attached hydrogen (secondary N) is 1. The standard InChI is InChI=1S/C30H30N6O4S/c1-30(2,29(38)31-21-11-15-23(40-4)16-12-21)35(28(37)18-36-26-8-6-5-7-24(26)33-34-36)17-27-32-25(19-41-27)20-9-13-22(39-3)14-10-20/h5-16,19H,17-18H2,1-4H3,(H,31,38). The van der Waals surface area contributed by atoms with Crippen molar-refractivity contribution >= 4 is 39.9 Å². The van der Waals surface area contributed by atoms with Crippen molar-refractivity contribution in [2.75, 3.05) is 19.5 Å². The lowest BCUT2D eigenvalue weighted by Gasteiger charge is -2.37. The van der Waals surface area contributed by atoms with Crippen LogP contribution in [0.2, 0.25) is 0 Å². The highest BCUT2D eigenvalue weighted by atomic mass is 32.1. The number of hydrogen-bond donors (Lipinski definition) is 1. The van der Waals surface area contributed by atoms with Crippen LogP contribution in [0.15, 0.2) is 78.2 Å². The normalized spacial score (nSPS) is 11.3. The highest BCUT2D eigenvalue weighted by Gasteiger charge is 2.39. The number of benzene rings is 3. The van der Waals surface area contributed by atoms with Gasteiger partial charge in [0.05, 0.1) is 32.0 Å². The first-order chi connectivity index (χ1) is 19.8. The fraction of sp³-hybridized carbons (Fsp3) is 0.233. The summed E-state index contributed by atoms with van der Waals surface area (Å²) >= 11 is 1.43. The second-order valence-electron chi connectivity index (χ2n) is 9.81. The number of thiazole rings is 1. The number of para-hydroxylation sites is 1. The van der Waals surface area contributed by atoms with Crippen molar-refractivity contribution in [2.45, 2.75) is 32.5 Å². The molecule has 3 aromatic carbocycles. The third-order valence-electron chi connectivity index (χ3n) is 6.82. The van der Waals surface area contributed by atoms with Crippen LogP contribution in [0.25, 0.3) is 22.3 Å². The van der Waals surface area contributed by atoms with E-state index in [-0.39, 0.29) is 24.9 Å². The Morgan fingerprint density at radius 2 is 1.61 bits per heavy atom. The minimum absolute atomic E-state index is 0.0868. The van der Waals surface area contributed by atoms with Crippen molar-refractivity contribution < 1.29 is 19.1 Å². The summed E-state index contributed by atoms with van der Waals surface area (Å²) < 4.78 is 12.0. The highest BCUT2D eigenvalue weighted by molar-refractivity contribution is 7.09. The zero-order valence-electron chi connectivity index (χ0n) is 23.2. The van der Waals surface area contributed by atoms with E-state index in [2.05, 4.69) is 15.6 Å². The van der Waals surface area contributed by atoms with E-state index in [9.17, 15) is 9.59 Å². The molecule has 0 fully saturated rings. The molecular formula is C30H30N6O4S. The molecule has 0 unspecified atom stereocenters. The minimum Gasteiger partial charge on any atom is -0.497 e. The molecule has 0 atom stereocenters. The molecule has 2 heterocycles. The fourth-order valence-corrected chi connectivity index (χ4v) is 5.13. The van der Waals surface area contributed by atoms with Gasteiger partial charge < -0.3 is 19.7 Å². The monoisotopic (exact) mass is 570 g/mol. The van der Waals surface area contributed by atoms with Gasteiger partial charge in [0.1, 0.15) is 34.1 Å². The van der Waals surface area contributed by atoms with Gasteiger partial charge in [-0.3, -0.25) is 9.59 Å². The Kier molecular flexibility index (Phi) is 7.97. The van der Waals surface area contributed by atoms with E-state index in [1.54, 1.807) is 61.9 Å². The molecule has 2 aromatic heterocycles. The number of amides is 2. The maximum atomic E-state index is 13.9. The van der Waals surface area contributed by atoms with Crippen LogP contribution in [-0.2, 0) is 22.7 Å². The van der Waals surface area contributed by atoms with Crippen molar-refractivity contribution in [1.82, 2.24) is 24.9 Å². The predicted octanol–water partition coefficient (Wildman–Crippen LogP) is 5.02. The highest BCUT2D eigenvalue weighted by Crippen LogP contribution is 2.28. The van der Waals surface area contributed by atoms with Crippen molar-refractivity contribution in [3.63, 3.8) is 0 Å². The van der Waals surface area contributed by atoms with E-state index in [0.717, 1.165) is 22.5 Å². The van der Waals surface area contributed by atoms with Crippen LogP contribution < -0.4 is 14.8 Å². The van der Waals surface area contributed by atoms with Crippen LogP contribution in [0.3, 0.4) is 0 Å². The Bertz CT molecular complexity index is 1660. The van der Waals surface area contributed by atoms with Gasteiger partial charge in [-0.2, -0.15) is 0 Å². The summed E-state index contributed by atoms with van der Waals surface area (Å²) in [5.74, 6) is 0.796. The molecule has 0 saturated carbocycles. The quantitative estimate of drug-likeness (QED) is 0.251. The third kappa shape index (κ3) is 6.04. The second-order valence-corrected chi connectivity index (χ2v) is 10.8. The Morgan fingerprint density at radius 3 is 2.29 bits per heavy atom. The van der Waals surface area contributed by atoms with Gasteiger partial charge in [0.2, 0.25) is 11.8 Å². The molecular weight excluding hydrogens is 540 g/mol. The van der Waals surface area contributed by atoms with Crippen LogP contribution in [-0.4, -0.2) is 56.5 Å². The Hall–Kier alpha value is -4.77. The molecule has 5 aromatic rings. The Labute approximate surface area is 241 Å². The van der Waals surface area contributed by atoms with Crippen molar-refractivity contribution in [1.29, 1.82) is 0 Å². The molecule has 0 aliphatic carbocycles. The van der Waals surface area contributed by atoms with Crippen LogP contribution in [0, 0.1) is 0 Å². The number of rotatable bonds is 10. The van der Waals surface area contributed by atoms with E-state index in [0.29, 0.717) is 22.0 Å². The lowest BCUT2D eigenvalue weighted by Crippen LogP contribution is -2.55. The number of fused-ring (bicyclic) bond motifs is 1. The van der Waals surface area contributed by atoms with Gasteiger partial charge in [-0.15, -0.1) is 16.4 Å². The number of nitrogens with zero attached hydrogens (tertiary/aromatic N) is 5. The number of carbonyl (C=O) groups excluding carboxylic acids is 2. The number of carbonyl (C=O) groups is 2. The smallest absolute Gasteiger partial charge is 0.249 e. The number of aromatic nitrogens is 4. The Balaban J connectivity index is 1.42. The molecule has 10 nitrogen and oxygen atoms in total. The fourth-order valence-electron chi connectivity index (χ4n) is 4.34. The van der Waals surface area contributed by atoms with E-state index in [1.165, 1.54) is 11.3 Å². The average molecular weight is 571 g/mol. The molecule has 5 rings (SSSR count). The third-order valence-corrected chi connectivity index (χ3v) is 7.65. The summed E-state index contributed by atoms with van der Waals surface area (Å²) in [7, 11) is 3.20. The summed E-state index contributed by atoms with van der Waals surface area (Å²) in [6.45, 7) is 3.49. The van der Waals surface area contributed by atoms with Gasteiger partial charge in [0, 0.05) is 16.6 Å². The van der Waals surface area contributed by atoms with Crippen molar-refractivity contribution in [3.8, 4) is 22.8 Å². The molecule has 0 bridgehead atoms. The first-order valence-electron chi connectivity index (χ1n) is 12.9. The van der Waals surface area contributed by atoms with Crippen LogP contribution >= 0.6 is 11.3 Å². The lowest BCUT2D eigenvalue weighted by atomic mass is 10.0. The van der Waals surface area contributed by atoms with Gasteiger partial charge in [-0.05, 0) is 74.5 Å². The summed E-state index contributed by atoms with van der Waals surface area (Å²) in [6, 6.07) is 22.1. The minimum atomic E-state index is -1.24. The first-order valence-corrected chi connectivity index (χ1v) is 13.8. The number of methoxy groups -OCH3 is 2. The van der Waals surface area contributed by atoms with Crippen LogP contribution in [0.5, 0.6) is 11.5 Å². The van der Waals surface area contributed by atoms with E-state index in [4.69, 9.17) is 14.5 Å². The zero-order chi connectivity index (χ0) is 29.0. The maximum Gasteiger partial charge on any atom is 0.249 e. The van der Waals surface area contributed by atoms with Gasteiger partial charge in [0.25, 0.3) is 0 Å². The molecule has 41 heavy (non-hydrogen) atoms. The summed E-state index contributed by atoms with van der Waals surface area (Å²) in [6.07, 6.45) is 0. The topological polar surface area (TPSA) is 111 Å². The molecule has 2 amide bonds. The van der Waals surface area contributed by atoms with Crippen molar-refractivity contribution in [3.05, 3.63) is 83.2 Å². The molecule has 1 N–H and O–H groups in total. The molecule has 0 aliphatic rings. The molecule has 11 heteroatoms. The second kappa shape index (κ2) is 11.8. The first kappa shape index (κ1) is 27.8. The summed E-state index contributed by atoms with van der Waals surface area (Å²) in [5.41, 5.74) is 2.48. The van der Waals surface area contributed by atoms with Crippen molar-refractivity contribution in [2.24, 2.45) is 0 Å². The average Bonchev–Trinajstić information content (AvgIpc) is 3.63. The lowest BCUT2D eigenvalue weighted by molar-refractivity contribution is -0.145. The van der Waals surface area contributed by atoms with Crippen LogP contribution in [0.1, 0.15) is 18.9 Å². The van der Waals surface area contributed by atoms with E-state index < -0.39 is 5.54 Å². The van der Waals surface area contributed by atoms with Gasteiger partial charge in [-0.1, -0.05) is 17.3 Å². The summed E-state index contributed by atoms with van der Waals surface area (Å²) in [5, 5.41) is 13.9. The summed E-state index contributed by atoms with van der Waals surface area (Å²) in [4.78, 5) is 33.8. The predicted molar refractivity (Wildman–Crippen MR) is 158 cm³/mol. The SMILES string of the molecule is COc1ccc(NC(=O)C(C)(C)N(Cc2nc(-c3ccc(OC)cc3)cs2)C(=O)Cn2nnc3ccccc32)cc1. The molecule has 0 saturated heterocycles. The van der Waals surface area contributed by atoms with Gasteiger partial charge >= 0.3 is 0 Å². The maximum absolute atomic E-state index is 13.9. The zero-order valence-corrected chi connectivity index (χ0v) is 24.0. The Morgan fingerprint density at radius 1 is 0.951 bits per heavy atom. The van der Waals surface area contributed by atoms with Crippen LogP contribution in [0.4, 0.5) is 5.69 Å². The number of hydrogen-bond acceptors (Lipinski definition) is 8. The molecule has 0 aliphatic heterocycles.